The van der Waals surface area contributed by atoms with Crippen LogP contribution < -0.4 is 0 Å². The van der Waals surface area contributed by atoms with Crippen molar-refractivity contribution in [3.05, 3.63) is 12.2 Å². The number of methoxy groups -OCH3 is 1. The van der Waals surface area contributed by atoms with E-state index >= 15 is 0 Å². The summed E-state index contributed by atoms with van der Waals surface area (Å²) in [6, 6.07) is 0. The van der Waals surface area contributed by atoms with Crippen molar-refractivity contribution in [3.8, 4) is 0 Å². The fourth-order valence-corrected chi connectivity index (χ4v) is 4.06. The van der Waals surface area contributed by atoms with Crippen LogP contribution in [-0.2, 0) is 23.8 Å². The van der Waals surface area contributed by atoms with Gasteiger partial charge in [-0.1, -0.05) is 31.9 Å². The van der Waals surface area contributed by atoms with Gasteiger partial charge in [0.2, 0.25) is 5.91 Å². The van der Waals surface area contributed by atoms with Gasteiger partial charge >= 0.3 is 5.97 Å². The topological polar surface area (TPSA) is 65.1 Å². The third kappa shape index (κ3) is 2.97. The van der Waals surface area contributed by atoms with Crippen molar-refractivity contribution in [2.24, 2.45) is 11.8 Å². The first-order chi connectivity index (χ1) is 11.6. The van der Waals surface area contributed by atoms with E-state index in [0.29, 0.717) is 26.3 Å². The van der Waals surface area contributed by atoms with Crippen molar-refractivity contribution in [1.29, 1.82) is 0 Å². The minimum Gasteiger partial charge on any atom is -0.465 e. The molecule has 2 bridgehead atoms. The summed E-state index contributed by atoms with van der Waals surface area (Å²) in [6.07, 6.45) is 7.33. The number of hydrogen-bond donors (Lipinski definition) is 0. The predicted octanol–water partition coefficient (Wildman–Crippen LogP) is 1.54. The summed E-state index contributed by atoms with van der Waals surface area (Å²) in [5.41, 5.74) is -0.637. The van der Waals surface area contributed by atoms with E-state index in [-0.39, 0.29) is 18.0 Å². The predicted molar refractivity (Wildman–Crippen MR) is 87.3 cm³/mol. The fraction of sp³-hybridized carbons (Fsp3) is 0.778. The van der Waals surface area contributed by atoms with Crippen LogP contribution in [0.3, 0.4) is 0 Å². The van der Waals surface area contributed by atoms with Gasteiger partial charge in [0.05, 0.1) is 25.2 Å². The molecule has 3 heterocycles. The molecule has 0 aromatic rings. The molecule has 1 amide bonds. The number of rotatable bonds is 9. The van der Waals surface area contributed by atoms with Gasteiger partial charge < -0.3 is 19.1 Å². The van der Waals surface area contributed by atoms with Crippen molar-refractivity contribution < 1.29 is 23.8 Å². The number of hydrogen-bond acceptors (Lipinski definition) is 5. The molecule has 0 saturated carbocycles. The van der Waals surface area contributed by atoms with E-state index < -0.39 is 17.4 Å². The first-order valence-electron chi connectivity index (χ1n) is 8.94. The number of nitrogens with zero attached hydrogens (tertiary/aromatic N) is 1. The summed E-state index contributed by atoms with van der Waals surface area (Å²) in [7, 11) is 1.65. The van der Waals surface area contributed by atoms with E-state index in [9.17, 15) is 9.59 Å². The van der Waals surface area contributed by atoms with Gasteiger partial charge in [-0.15, -0.1) is 0 Å². The average Bonchev–Trinajstić information content (AvgIpc) is 3.20. The van der Waals surface area contributed by atoms with Crippen LogP contribution in [0.4, 0.5) is 0 Å². The van der Waals surface area contributed by atoms with Crippen LogP contribution in [0.25, 0.3) is 0 Å². The van der Waals surface area contributed by atoms with Gasteiger partial charge in [-0.2, -0.15) is 0 Å². The van der Waals surface area contributed by atoms with Gasteiger partial charge in [0.15, 0.2) is 0 Å². The molecular formula is C18H27NO5. The molecule has 4 atom stereocenters. The number of amides is 1. The molecule has 3 aliphatic heterocycles. The highest BCUT2D eigenvalue weighted by Gasteiger charge is 2.67. The Balaban J connectivity index is 1.64. The molecule has 0 unspecified atom stereocenters. The Morgan fingerprint density at radius 3 is 2.96 bits per heavy atom. The Labute approximate surface area is 143 Å². The molecule has 0 radical (unpaired) electrons. The molecule has 134 valence electrons. The Bertz CT molecular complexity index is 520. The number of unbranched alkanes of at least 4 members (excludes halogenated alkanes) is 2. The van der Waals surface area contributed by atoms with E-state index in [4.69, 9.17) is 14.2 Å². The van der Waals surface area contributed by atoms with Crippen LogP contribution in [0.2, 0.25) is 0 Å². The molecule has 6 nitrogen and oxygen atoms in total. The highest BCUT2D eigenvalue weighted by atomic mass is 16.6. The Morgan fingerprint density at radius 1 is 1.38 bits per heavy atom. The number of carbonyl (C=O) groups excluding carboxylic acids is 2. The summed E-state index contributed by atoms with van der Waals surface area (Å²) in [4.78, 5) is 27.1. The molecule has 2 saturated heterocycles. The molecule has 0 aromatic heterocycles. The molecule has 0 N–H and O–H groups in total. The Hall–Kier alpha value is -1.40. The lowest BCUT2D eigenvalue weighted by Gasteiger charge is -2.22. The maximum absolute atomic E-state index is 12.8. The second-order valence-corrected chi connectivity index (χ2v) is 6.88. The summed E-state index contributed by atoms with van der Waals surface area (Å²) >= 11 is 0. The summed E-state index contributed by atoms with van der Waals surface area (Å²) in [6.45, 7) is 4.29. The number of likely N-dealkylation sites (tertiary alicyclic amines) is 1. The van der Waals surface area contributed by atoms with Crippen LogP contribution in [0.1, 0.15) is 32.6 Å². The van der Waals surface area contributed by atoms with Crippen molar-refractivity contribution in [2.45, 2.75) is 44.3 Å². The zero-order valence-electron chi connectivity index (χ0n) is 14.5. The minimum atomic E-state index is -0.637. The van der Waals surface area contributed by atoms with Crippen LogP contribution in [0.15, 0.2) is 12.2 Å². The molecule has 3 aliphatic rings. The molecule has 0 aliphatic carbocycles. The molecule has 0 aromatic carbocycles. The minimum absolute atomic E-state index is 0.00783. The molecule has 1 spiro atoms. The third-order valence-electron chi connectivity index (χ3n) is 5.22. The standard InChI is InChI=1S/C18H27NO5/c1-3-4-5-11-23-17(21)14-13-7-8-18(24-13)12-19(9-6-10-22-2)16(20)15(14)18/h7-8,13-15H,3-6,9-12H2,1-2H3/t13-,14+,15+,18-/m1/s1. The zero-order chi connectivity index (χ0) is 17.2. The van der Waals surface area contributed by atoms with E-state index in [2.05, 4.69) is 6.92 Å². The lowest BCUT2D eigenvalue weighted by atomic mass is 9.77. The SMILES string of the molecule is CCCCCOC(=O)[C@@H]1[C@H]2C(=O)N(CCCOC)C[C@]23C=C[C@H]1O3. The maximum atomic E-state index is 12.8. The second-order valence-electron chi connectivity index (χ2n) is 6.88. The van der Waals surface area contributed by atoms with E-state index in [0.717, 1.165) is 25.7 Å². The second kappa shape index (κ2) is 7.23. The van der Waals surface area contributed by atoms with Gasteiger partial charge in [-0.25, -0.2) is 0 Å². The summed E-state index contributed by atoms with van der Waals surface area (Å²) in [5, 5.41) is 0. The van der Waals surface area contributed by atoms with E-state index in [1.54, 1.807) is 12.0 Å². The maximum Gasteiger partial charge on any atom is 0.312 e. The highest BCUT2D eigenvalue weighted by Crippen LogP contribution is 2.52. The van der Waals surface area contributed by atoms with Crippen molar-refractivity contribution in [3.63, 3.8) is 0 Å². The summed E-state index contributed by atoms with van der Waals surface area (Å²) < 4.78 is 16.5. The van der Waals surface area contributed by atoms with Crippen LogP contribution in [0.5, 0.6) is 0 Å². The number of esters is 1. The van der Waals surface area contributed by atoms with Gasteiger partial charge in [0, 0.05) is 20.3 Å². The quantitative estimate of drug-likeness (QED) is 0.363. The van der Waals surface area contributed by atoms with Crippen molar-refractivity contribution in [1.82, 2.24) is 4.90 Å². The van der Waals surface area contributed by atoms with Gasteiger partial charge in [0.25, 0.3) is 0 Å². The lowest BCUT2D eigenvalue weighted by Crippen LogP contribution is -2.40. The first kappa shape index (κ1) is 17.4. The first-order valence-corrected chi connectivity index (χ1v) is 8.94. The molecular weight excluding hydrogens is 310 g/mol. The van der Waals surface area contributed by atoms with Crippen LogP contribution >= 0.6 is 0 Å². The Kier molecular flexibility index (Phi) is 5.25. The molecule has 2 fully saturated rings. The van der Waals surface area contributed by atoms with Crippen LogP contribution in [0, 0.1) is 11.8 Å². The van der Waals surface area contributed by atoms with E-state index in [1.807, 2.05) is 12.2 Å². The van der Waals surface area contributed by atoms with Gasteiger partial charge in [0.1, 0.15) is 11.5 Å². The van der Waals surface area contributed by atoms with Crippen LogP contribution in [-0.4, -0.2) is 61.9 Å². The normalized spacial score (nSPS) is 33.3. The molecule has 3 rings (SSSR count). The number of carbonyl (C=O) groups is 2. The highest BCUT2D eigenvalue weighted by molar-refractivity contribution is 5.91. The summed E-state index contributed by atoms with van der Waals surface area (Å²) in [5.74, 6) is -1.22. The lowest BCUT2D eigenvalue weighted by molar-refractivity contribution is -0.154. The van der Waals surface area contributed by atoms with E-state index in [1.165, 1.54) is 0 Å². The number of fused-ring (bicyclic) bond motifs is 1. The fourth-order valence-electron chi connectivity index (χ4n) is 4.06. The largest absolute Gasteiger partial charge is 0.465 e. The third-order valence-corrected chi connectivity index (χ3v) is 5.22. The zero-order valence-corrected chi connectivity index (χ0v) is 14.5. The van der Waals surface area contributed by atoms with Crippen molar-refractivity contribution in [2.75, 3.05) is 33.4 Å². The van der Waals surface area contributed by atoms with Crippen molar-refractivity contribution >= 4 is 11.9 Å². The molecule has 24 heavy (non-hydrogen) atoms. The Morgan fingerprint density at radius 2 is 2.21 bits per heavy atom. The van der Waals surface area contributed by atoms with Gasteiger partial charge in [-0.05, 0) is 12.8 Å². The average molecular weight is 337 g/mol. The van der Waals surface area contributed by atoms with Gasteiger partial charge in [-0.3, -0.25) is 9.59 Å². The number of ether oxygens (including phenoxy) is 3. The smallest absolute Gasteiger partial charge is 0.312 e. The monoisotopic (exact) mass is 337 g/mol. The molecule has 6 heteroatoms.